The summed E-state index contributed by atoms with van der Waals surface area (Å²) in [5.41, 5.74) is 3.22. The van der Waals surface area contributed by atoms with Gasteiger partial charge in [-0.3, -0.25) is 4.79 Å². The molecule has 1 heterocycles. The first kappa shape index (κ1) is 29.4. The Kier molecular flexibility index (Phi) is 9.01. The lowest BCUT2D eigenvalue weighted by Crippen LogP contribution is -2.47. The molecule has 0 spiro atoms. The Labute approximate surface area is 251 Å². The summed E-state index contributed by atoms with van der Waals surface area (Å²) >= 11 is 5.96. The fraction of sp³-hybridized carbons (Fsp3) is 0.219. The molecule has 1 atom stereocenters. The first-order valence-corrected chi connectivity index (χ1v) is 15.5. The predicted octanol–water partition coefficient (Wildman–Crippen LogP) is 5.97. The first-order chi connectivity index (χ1) is 20.2. The molecule has 0 saturated carbocycles. The summed E-state index contributed by atoms with van der Waals surface area (Å²) in [5.74, 6) is 0.438. The number of para-hydroxylation sites is 2. The Morgan fingerprint density at radius 3 is 2.12 bits per heavy atom. The molecule has 0 aliphatic carbocycles. The zero-order chi connectivity index (χ0) is 29.7. The number of nitrogens with zero attached hydrogens (tertiary/aromatic N) is 2. The number of rotatable bonds is 9. The number of ether oxygens (including phenoxy) is 1. The molecule has 1 aliphatic heterocycles. The van der Waals surface area contributed by atoms with Crippen LogP contribution in [0.2, 0.25) is 5.02 Å². The molecule has 4 aromatic rings. The Hall–Kier alpha value is -4.05. The van der Waals surface area contributed by atoms with E-state index in [0.29, 0.717) is 48.1 Å². The summed E-state index contributed by atoms with van der Waals surface area (Å²) < 4.78 is 36.2. The van der Waals surface area contributed by atoms with Crippen LogP contribution in [0.4, 0.5) is 17.1 Å². The number of benzene rings is 4. The van der Waals surface area contributed by atoms with Crippen LogP contribution >= 0.6 is 11.6 Å². The average Bonchev–Trinajstić information content (AvgIpc) is 3.01. The zero-order valence-electron chi connectivity index (χ0n) is 23.5. The lowest BCUT2D eigenvalue weighted by atomic mass is 10.1. The van der Waals surface area contributed by atoms with Gasteiger partial charge in [0.1, 0.15) is 10.6 Å². The van der Waals surface area contributed by atoms with Gasteiger partial charge in [-0.25, -0.2) is 13.1 Å². The van der Waals surface area contributed by atoms with Crippen molar-refractivity contribution in [1.82, 2.24) is 4.72 Å². The highest BCUT2D eigenvalue weighted by molar-refractivity contribution is 7.89. The van der Waals surface area contributed by atoms with Crippen LogP contribution in [0.15, 0.2) is 102 Å². The molecule has 2 N–H and O–H groups in total. The first-order valence-electron chi connectivity index (χ1n) is 13.7. The maximum absolute atomic E-state index is 13.9. The second-order valence-electron chi connectivity index (χ2n) is 10.0. The fourth-order valence-corrected chi connectivity index (χ4v) is 6.67. The summed E-state index contributed by atoms with van der Waals surface area (Å²) in [6.45, 7) is 4.38. The topological polar surface area (TPSA) is 91.0 Å². The third-order valence-corrected chi connectivity index (χ3v) is 9.11. The van der Waals surface area contributed by atoms with Crippen molar-refractivity contribution in [3.8, 4) is 5.75 Å². The molecule has 10 heteroatoms. The summed E-state index contributed by atoms with van der Waals surface area (Å²) in [4.78, 5) is 17.3. The molecule has 0 bridgehead atoms. The van der Waals surface area contributed by atoms with Crippen molar-refractivity contribution in [2.45, 2.75) is 17.9 Å². The largest absolute Gasteiger partial charge is 0.495 e. The van der Waals surface area contributed by atoms with Gasteiger partial charge >= 0.3 is 0 Å². The van der Waals surface area contributed by atoms with Crippen LogP contribution < -0.4 is 24.6 Å². The zero-order valence-corrected chi connectivity index (χ0v) is 25.0. The summed E-state index contributed by atoms with van der Waals surface area (Å²) in [6, 6.07) is 28.3. The number of hydrogen-bond acceptors (Lipinski definition) is 6. The number of carbonyl (C=O) groups excluding carboxylic acids is 1. The quantitative estimate of drug-likeness (QED) is 0.245. The van der Waals surface area contributed by atoms with Gasteiger partial charge in [0.2, 0.25) is 10.0 Å². The van der Waals surface area contributed by atoms with E-state index in [4.69, 9.17) is 16.3 Å². The minimum Gasteiger partial charge on any atom is -0.495 e. The molecule has 0 radical (unpaired) electrons. The number of hydrogen-bond donors (Lipinski definition) is 2. The van der Waals surface area contributed by atoms with E-state index in [2.05, 4.69) is 19.8 Å². The van der Waals surface area contributed by atoms with Gasteiger partial charge in [0, 0.05) is 48.5 Å². The summed E-state index contributed by atoms with van der Waals surface area (Å²) in [5, 5.41) is 3.35. The molecule has 1 amide bonds. The van der Waals surface area contributed by atoms with Crippen molar-refractivity contribution >= 4 is 44.6 Å². The highest BCUT2D eigenvalue weighted by Gasteiger charge is 2.28. The molecular formula is C32H33ClN4O4S. The van der Waals surface area contributed by atoms with Gasteiger partial charge in [-0.15, -0.1) is 0 Å². The smallest absolute Gasteiger partial charge is 0.255 e. The number of anilines is 3. The SMILES string of the molecule is COc1ccccc1N1CCN(c2ccc(NC(=O)c3ccc(Cl)cc3)cc2S(=O)(=O)N[C@H](C)c2ccccc2)CC1. The maximum Gasteiger partial charge on any atom is 0.255 e. The lowest BCUT2D eigenvalue weighted by Gasteiger charge is -2.38. The molecule has 0 aromatic heterocycles. The molecule has 42 heavy (non-hydrogen) atoms. The van der Waals surface area contributed by atoms with Crippen LogP contribution in [-0.4, -0.2) is 47.6 Å². The van der Waals surface area contributed by atoms with Crippen LogP contribution in [-0.2, 0) is 10.0 Å². The molecule has 8 nitrogen and oxygen atoms in total. The van der Waals surface area contributed by atoms with E-state index in [1.165, 1.54) is 6.07 Å². The minimum absolute atomic E-state index is 0.102. The van der Waals surface area contributed by atoms with E-state index < -0.39 is 16.1 Å². The molecule has 0 unspecified atom stereocenters. The number of amides is 1. The second kappa shape index (κ2) is 12.9. The van der Waals surface area contributed by atoms with Gasteiger partial charge in [0.05, 0.1) is 18.5 Å². The van der Waals surface area contributed by atoms with Crippen molar-refractivity contribution < 1.29 is 17.9 Å². The molecule has 1 fully saturated rings. The average molecular weight is 605 g/mol. The van der Waals surface area contributed by atoms with E-state index in [1.54, 1.807) is 43.5 Å². The third-order valence-electron chi connectivity index (χ3n) is 7.29. The highest BCUT2D eigenvalue weighted by Crippen LogP contribution is 2.33. The standard InChI is InChI=1S/C32H33ClN4O4S/c1-23(24-8-4-3-5-9-24)35-42(39,40)31-22-27(34-32(38)25-12-14-26(33)15-13-25)16-17-29(31)37-20-18-36(19-21-37)28-10-6-7-11-30(28)41-2/h3-17,22-23,35H,18-21H2,1-2H3,(H,34,38)/t23-/m1/s1. The van der Waals surface area contributed by atoms with Crippen molar-refractivity contribution in [3.63, 3.8) is 0 Å². The maximum atomic E-state index is 13.9. The molecule has 218 valence electrons. The normalized spacial score (nSPS) is 14.4. The highest BCUT2D eigenvalue weighted by atomic mass is 35.5. The van der Waals surface area contributed by atoms with Crippen LogP contribution in [0.1, 0.15) is 28.9 Å². The fourth-order valence-electron chi connectivity index (χ4n) is 5.06. The molecule has 4 aromatic carbocycles. The van der Waals surface area contributed by atoms with Gasteiger partial charge in [-0.1, -0.05) is 54.1 Å². The van der Waals surface area contributed by atoms with E-state index in [-0.39, 0.29) is 10.8 Å². The van der Waals surface area contributed by atoms with Gasteiger partial charge in [-0.05, 0) is 67.1 Å². The number of halogens is 1. The second-order valence-corrected chi connectivity index (χ2v) is 12.2. The van der Waals surface area contributed by atoms with Crippen LogP contribution in [0.25, 0.3) is 0 Å². The summed E-state index contributed by atoms with van der Waals surface area (Å²) in [7, 11) is -2.33. The third kappa shape index (κ3) is 6.70. The van der Waals surface area contributed by atoms with E-state index in [0.717, 1.165) is 17.0 Å². The van der Waals surface area contributed by atoms with E-state index in [9.17, 15) is 13.2 Å². The number of piperazine rings is 1. The van der Waals surface area contributed by atoms with E-state index >= 15 is 0 Å². The monoisotopic (exact) mass is 604 g/mol. The predicted molar refractivity (Wildman–Crippen MR) is 168 cm³/mol. The Bertz CT molecular complexity index is 1640. The number of nitrogens with one attached hydrogen (secondary N) is 2. The van der Waals surface area contributed by atoms with Gasteiger partial charge in [-0.2, -0.15) is 0 Å². The van der Waals surface area contributed by atoms with Crippen molar-refractivity contribution in [1.29, 1.82) is 0 Å². The van der Waals surface area contributed by atoms with Crippen LogP contribution in [0, 0.1) is 0 Å². The Balaban J connectivity index is 1.43. The number of carbonyl (C=O) groups is 1. The van der Waals surface area contributed by atoms with Crippen LogP contribution in [0.5, 0.6) is 5.75 Å². The summed E-state index contributed by atoms with van der Waals surface area (Å²) in [6.07, 6.45) is 0. The molecule has 5 rings (SSSR count). The van der Waals surface area contributed by atoms with Crippen molar-refractivity contribution in [2.24, 2.45) is 0 Å². The lowest BCUT2D eigenvalue weighted by molar-refractivity contribution is 0.102. The van der Waals surface area contributed by atoms with Gasteiger partial charge < -0.3 is 19.9 Å². The van der Waals surface area contributed by atoms with E-state index in [1.807, 2.05) is 61.5 Å². The molecular weight excluding hydrogens is 572 g/mol. The molecule has 1 aliphatic rings. The van der Waals surface area contributed by atoms with Crippen molar-refractivity contribution in [3.05, 3.63) is 113 Å². The van der Waals surface area contributed by atoms with Crippen molar-refractivity contribution in [2.75, 3.05) is 48.4 Å². The van der Waals surface area contributed by atoms with Gasteiger partial charge in [0.25, 0.3) is 5.91 Å². The van der Waals surface area contributed by atoms with Crippen LogP contribution in [0.3, 0.4) is 0 Å². The molecule has 1 saturated heterocycles. The Morgan fingerprint density at radius 2 is 1.45 bits per heavy atom. The Morgan fingerprint density at radius 1 is 0.833 bits per heavy atom. The minimum atomic E-state index is -3.99. The van der Waals surface area contributed by atoms with Gasteiger partial charge in [0.15, 0.2) is 0 Å². The number of methoxy groups -OCH3 is 1. The number of sulfonamides is 1.